The maximum absolute atomic E-state index is 13.5. The molecule has 0 aliphatic rings. The van der Waals surface area contributed by atoms with Crippen LogP contribution in [0.2, 0.25) is 0 Å². The van der Waals surface area contributed by atoms with Gasteiger partial charge in [0.1, 0.15) is 5.82 Å². The second-order valence-electron chi connectivity index (χ2n) is 5.66. The summed E-state index contributed by atoms with van der Waals surface area (Å²) in [6.45, 7) is 2.39. The van der Waals surface area contributed by atoms with Gasteiger partial charge < -0.3 is 14.8 Å². The van der Waals surface area contributed by atoms with Gasteiger partial charge in [0.05, 0.1) is 25.6 Å². The van der Waals surface area contributed by atoms with E-state index in [0.29, 0.717) is 23.7 Å². The molecule has 0 atom stereocenters. The van der Waals surface area contributed by atoms with Crippen LogP contribution in [-0.4, -0.2) is 31.7 Å². The molecule has 2 aromatic rings. The van der Waals surface area contributed by atoms with E-state index in [1.807, 2.05) is 6.92 Å². The first kappa shape index (κ1) is 20.9. The third kappa shape index (κ3) is 6.39. The first-order valence-electron chi connectivity index (χ1n) is 8.70. The van der Waals surface area contributed by atoms with Crippen LogP contribution in [0, 0.1) is 5.82 Å². The second-order valence-corrected chi connectivity index (χ2v) is 5.66. The van der Waals surface area contributed by atoms with Crippen LogP contribution in [0.3, 0.4) is 0 Å². The third-order valence-corrected chi connectivity index (χ3v) is 3.62. The molecule has 2 aromatic carbocycles. The highest BCUT2D eigenvalue weighted by molar-refractivity contribution is 5.93. The molecule has 0 spiro atoms. The van der Waals surface area contributed by atoms with Gasteiger partial charge in [-0.3, -0.25) is 9.59 Å². The standard InChI is InChI=1S/C20H22FN3O4/c1-3-28-17-9-8-14(12-18(17)27-2)13-22-24-20(26)11-10-19(25)23-16-7-5-4-6-15(16)21/h4-9,12-13H,3,10-11H2,1-2H3,(H,23,25)(H,24,26). The molecule has 0 aliphatic heterocycles. The van der Waals surface area contributed by atoms with Crippen LogP contribution in [0.1, 0.15) is 25.3 Å². The number of rotatable bonds is 9. The highest BCUT2D eigenvalue weighted by Crippen LogP contribution is 2.27. The van der Waals surface area contributed by atoms with Crippen LogP contribution < -0.4 is 20.2 Å². The summed E-state index contributed by atoms with van der Waals surface area (Å²) in [5.41, 5.74) is 3.13. The number of methoxy groups -OCH3 is 1. The Labute approximate surface area is 162 Å². The fourth-order valence-electron chi connectivity index (χ4n) is 2.28. The van der Waals surface area contributed by atoms with Crippen molar-refractivity contribution in [1.29, 1.82) is 0 Å². The normalized spacial score (nSPS) is 10.5. The maximum Gasteiger partial charge on any atom is 0.240 e. The molecule has 7 nitrogen and oxygen atoms in total. The number of halogens is 1. The molecule has 2 rings (SSSR count). The van der Waals surface area contributed by atoms with E-state index in [1.165, 1.54) is 31.5 Å². The number of nitrogens with zero attached hydrogens (tertiary/aromatic N) is 1. The third-order valence-electron chi connectivity index (χ3n) is 3.62. The van der Waals surface area contributed by atoms with Crippen molar-refractivity contribution in [3.8, 4) is 11.5 Å². The van der Waals surface area contributed by atoms with Crippen molar-refractivity contribution in [3.05, 3.63) is 53.8 Å². The van der Waals surface area contributed by atoms with Crippen molar-refractivity contribution in [2.75, 3.05) is 19.0 Å². The molecule has 0 radical (unpaired) electrons. The summed E-state index contributed by atoms with van der Waals surface area (Å²) >= 11 is 0. The number of hydrogen-bond donors (Lipinski definition) is 2. The number of carbonyl (C=O) groups is 2. The van der Waals surface area contributed by atoms with Gasteiger partial charge in [0.25, 0.3) is 0 Å². The molecular formula is C20H22FN3O4. The van der Waals surface area contributed by atoms with Gasteiger partial charge in [0.2, 0.25) is 11.8 Å². The van der Waals surface area contributed by atoms with Crippen LogP contribution in [0.25, 0.3) is 0 Å². The largest absolute Gasteiger partial charge is 0.493 e. The Morgan fingerprint density at radius 2 is 1.86 bits per heavy atom. The highest BCUT2D eigenvalue weighted by Gasteiger charge is 2.09. The van der Waals surface area contributed by atoms with Gasteiger partial charge in [0.15, 0.2) is 11.5 Å². The van der Waals surface area contributed by atoms with E-state index in [0.717, 1.165) is 0 Å². The molecular weight excluding hydrogens is 365 g/mol. The van der Waals surface area contributed by atoms with E-state index in [2.05, 4.69) is 15.8 Å². The summed E-state index contributed by atoms with van der Waals surface area (Å²) in [5.74, 6) is -0.247. The topological polar surface area (TPSA) is 89.0 Å². The Morgan fingerprint density at radius 1 is 1.11 bits per heavy atom. The minimum atomic E-state index is -0.532. The number of ether oxygens (including phenoxy) is 2. The van der Waals surface area contributed by atoms with E-state index < -0.39 is 17.6 Å². The Balaban J connectivity index is 1.80. The van der Waals surface area contributed by atoms with E-state index in [-0.39, 0.29) is 18.5 Å². The predicted octanol–water partition coefficient (Wildman–Crippen LogP) is 3.10. The number of benzene rings is 2. The van der Waals surface area contributed by atoms with Gasteiger partial charge in [-0.15, -0.1) is 0 Å². The predicted molar refractivity (Wildman–Crippen MR) is 104 cm³/mol. The van der Waals surface area contributed by atoms with Crippen LogP contribution in [0.5, 0.6) is 11.5 Å². The van der Waals surface area contributed by atoms with Gasteiger partial charge in [-0.05, 0) is 42.8 Å². The summed E-state index contributed by atoms with van der Waals surface area (Å²) in [4.78, 5) is 23.6. The Hall–Kier alpha value is -3.42. The summed E-state index contributed by atoms with van der Waals surface area (Å²) in [6, 6.07) is 11.1. The van der Waals surface area contributed by atoms with E-state index in [9.17, 15) is 14.0 Å². The minimum Gasteiger partial charge on any atom is -0.493 e. The summed E-state index contributed by atoms with van der Waals surface area (Å²) in [7, 11) is 1.53. The fourth-order valence-corrected chi connectivity index (χ4v) is 2.28. The van der Waals surface area contributed by atoms with Gasteiger partial charge >= 0.3 is 0 Å². The fraction of sp³-hybridized carbons (Fsp3) is 0.250. The number of hydrazone groups is 1. The van der Waals surface area contributed by atoms with Crippen LogP contribution >= 0.6 is 0 Å². The number of anilines is 1. The first-order valence-corrected chi connectivity index (χ1v) is 8.70. The lowest BCUT2D eigenvalue weighted by atomic mass is 10.2. The summed E-state index contributed by atoms with van der Waals surface area (Å²) < 4.78 is 24.1. The SMILES string of the molecule is CCOc1ccc(C=NNC(=O)CCC(=O)Nc2ccccc2F)cc1OC. The van der Waals surface area contributed by atoms with Gasteiger partial charge in [0, 0.05) is 12.8 Å². The lowest BCUT2D eigenvalue weighted by Gasteiger charge is -2.09. The average molecular weight is 387 g/mol. The Kier molecular flexibility index (Phi) is 7.95. The second kappa shape index (κ2) is 10.7. The van der Waals surface area contributed by atoms with Crippen LogP contribution in [0.4, 0.5) is 10.1 Å². The van der Waals surface area contributed by atoms with Crippen LogP contribution in [0.15, 0.2) is 47.6 Å². The van der Waals surface area contributed by atoms with E-state index in [1.54, 1.807) is 24.3 Å². The van der Waals surface area contributed by atoms with Crippen molar-refractivity contribution in [1.82, 2.24) is 5.43 Å². The van der Waals surface area contributed by atoms with Crippen molar-refractivity contribution >= 4 is 23.7 Å². The molecule has 28 heavy (non-hydrogen) atoms. The van der Waals surface area contributed by atoms with Crippen molar-refractivity contribution in [2.24, 2.45) is 5.10 Å². The van der Waals surface area contributed by atoms with Gasteiger partial charge in [-0.1, -0.05) is 12.1 Å². The molecule has 0 fully saturated rings. The number of carbonyl (C=O) groups excluding carboxylic acids is 2. The molecule has 0 aliphatic carbocycles. The molecule has 8 heteroatoms. The Bertz CT molecular complexity index is 855. The summed E-state index contributed by atoms with van der Waals surface area (Å²) in [6.07, 6.45) is 1.28. The molecule has 0 saturated carbocycles. The number of amides is 2. The molecule has 0 bridgehead atoms. The molecule has 0 heterocycles. The average Bonchev–Trinajstić information content (AvgIpc) is 2.69. The molecule has 2 amide bonds. The number of hydrogen-bond acceptors (Lipinski definition) is 5. The van der Waals surface area contributed by atoms with Crippen molar-refractivity contribution in [2.45, 2.75) is 19.8 Å². The zero-order chi connectivity index (χ0) is 20.4. The molecule has 0 unspecified atom stereocenters. The lowest BCUT2D eigenvalue weighted by molar-refractivity contribution is -0.124. The zero-order valence-electron chi connectivity index (χ0n) is 15.7. The quantitative estimate of drug-likeness (QED) is 0.511. The number of nitrogens with one attached hydrogen (secondary N) is 2. The Morgan fingerprint density at radius 3 is 2.57 bits per heavy atom. The molecule has 0 saturated heterocycles. The smallest absolute Gasteiger partial charge is 0.240 e. The van der Waals surface area contributed by atoms with E-state index >= 15 is 0 Å². The molecule has 2 N–H and O–H groups in total. The van der Waals surface area contributed by atoms with Crippen molar-refractivity contribution < 1.29 is 23.5 Å². The monoisotopic (exact) mass is 387 g/mol. The molecule has 148 valence electrons. The zero-order valence-corrected chi connectivity index (χ0v) is 15.7. The van der Waals surface area contributed by atoms with Crippen LogP contribution in [-0.2, 0) is 9.59 Å². The summed E-state index contributed by atoms with van der Waals surface area (Å²) in [5, 5.41) is 6.27. The minimum absolute atomic E-state index is 0.0791. The van der Waals surface area contributed by atoms with Crippen molar-refractivity contribution in [3.63, 3.8) is 0 Å². The molecule has 0 aromatic heterocycles. The highest BCUT2D eigenvalue weighted by atomic mass is 19.1. The first-order chi connectivity index (χ1) is 13.5. The van der Waals surface area contributed by atoms with E-state index in [4.69, 9.17) is 9.47 Å². The van der Waals surface area contributed by atoms with Gasteiger partial charge in [-0.2, -0.15) is 5.10 Å². The lowest BCUT2D eigenvalue weighted by Crippen LogP contribution is -2.21. The van der Waals surface area contributed by atoms with Gasteiger partial charge in [-0.25, -0.2) is 9.82 Å². The maximum atomic E-state index is 13.5. The number of para-hydroxylation sites is 1.